The average molecular weight is 270 g/mol. The van der Waals surface area contributed by atoms with E-state index in [1.54, 1.807) is 6.92 Å². The molecule has 0 amide bonds. The summed E-state index contributed by atoms with van der Waals surface area (Å²) in [6.45, 7) is 0.867. The fraction of sp³-hybridized carbons (Fsp3) is 1.00. The maximum absolute atomic E-state index is 13.0. The lowest BCUT2D eigenvalue weighted by Crippen LogP contribution is -2.53. The second kappa shape index (κ2) is 5.88. The summed E-state index contributed by atoms with van der Waals surface area (Å²) in [5.41, 5.74) is -5.20. The van der Waals surface area contributed by atoms with Gasteiger partial charge in [0.2, 0.25) is 0 Å². The maximum atomic E-state index is 13.0. The summed E-state index contributed by atoms with van der Waals surface area (Å²) in [6.07, 6.45) is -12.6. The maximum Gasteiger partial charge on any atom is 0.431 e. The lowest BCUT2D eigenvalue weighted by Gasteiger charge is -2.29. The van der Waals surface area contributed by atoms with Gasteiger partial charge in [0.1, 0.15) is 0 Å². The first kappa shape index (κ1) is 16.5. The van der Waals surface area contributed by atoms with Crippen LogP contribution < -0.4 is 0 Å². The summed E-state index contributed by atoms with van der Waals surface area (Å²) in [5.74, 6) is 0. The van der Waals surface area contributed by atoms with Crippen LogP contribution in [-0.2, 0) is 4.74 Å². The minimum absolute atomic E-state index is 0.0162. The van der Waals surface area contributed by atoms with E-state index in [1.165, 1.54) is 0 Å². The molecule has 0 saturated heterocycles. The largest absolute Gasteiger partial charge is 0.431 e. The highest BCUT2D eigenvalue weighted by Crippen LogP contribution is 2.48. The molecule has 0 heterocycles. The van der Waals surface area contributed by atoms with Crippen LogP contribution in [0.4, 0.5) is 30.7 Å². The summed E-state index contributed by atoms with van der Waals surface area (Å²) >= 11 is 0. The molecule has 0 aromatic rings. The van der Waals surface area contributed by atoms with Gasteiger partial charge in [0.25, 0.3) is 0 Å². The van der Waals surface area contributed by atoms with Crippen molar-refractivity contribution in [2.45, 2.75) is 44.2 Å². The Hall–Kier alpha value is -0.530. The van der Waals surface area contributed by atoms with E-state index in [-0.39, 0.29) is 6.61 Å². The third-order valence-electron chi connectivity index (χ3n) is 2.13. The second-order valence-corrected chi connectivity index (χ2v) is 3.51. The molecule has 0 aliphatic carbocycles. The molecule has 8 heteroatoms. The van der Waals surface area contributed by atoms with Crippen LogP contribution in [0.2, 0.25) is 0 Å². The molecule has 0 aromatic carbocycles. The van der Waals surface area contributed by atoms with Crippen LogP contribution in [-0.4, -0.2) is 31.2 Å². The standard InChI is InChI=1S/C9H13F7O/c1-2-3-5-17-6-4-7(10,8(11,12)13)9(14,15)16/h2-6H2,1H3. The Kier molecular flexibility index (Phi) is 5.70. The van der Waals surface area contributed by atoms with Crippen molar-refractivity contribution in [2.24, 2.45) is 0 Å². The van der Waals surface area contributed by atoms with E-state index in [4.69, 9.17) is 0 Å². The first-order valence-corrected chi connectivity index (χ1v) is 4.96. The third kappa shape index (κ3) is 4.33. The number of unbranched alkanes of at least 4 members (excludes halogenated alkanes) is 1. The molecule has 0 atom stereocenters. The Morgan fingerprint density at radius 2 is 1.29 bits per heavy atom. The molecular formula is C9H13F7O. The zero-order valence-electron chi connectivity index (χ0n) is 9.09. The zero-order chi connectivity index (χ0) is 13.7. The monoisotopic (exact) mass is 270 g/mol. The molecule has 0 aromatic heterocycles. The van der Waals surface area contributed by atoms with E-state index in [9.17, 15) is 30.7 Å². The normalized spacial score (nSPS) is 14.1. The SMILES string of the molecule is CCCCOCCC(F)(C(F)(F)F)C(F)(F)F. The van der Waals surface area contributed by atoms with Crippen molar-refractivity contribution in [3.8, 4) is 0 Å². The van der Waals surface area contributed by atoms with Gasteiger partial charge in [-0.05, 0) is 6.42 Å². The zero-order valence-corrected chi connectivity index (χ0v) is 9.09. The highest BCUT2D eigenvalue weighted by Gasteiger charge is 2.71. The van der Waals surface area contributed by atoms with Crippen LogP contribution in [0.5, 0.6) is 0 Å². The summed E-state index contributed by atoms with van der Waals surface area (Å²) in [5, 5.41) is 0. The Balaban J connectivity index is 4.44. The molecular weight excluding hydrogens is 257 g/mol. The summed E-state index contributed by atoms with van der Waals surface area (Å²) in [4.78, 5) is 0. The Morgan fingerprint density at radius 3 is 1.65 bits per heavy atom. The third-order valence-corrected chi connectivity index (χ3v) is 2.13. The predicted molar refractivity (Wildman–Crippen MR) is 46.3 cm³/mol. The molecule has 0 unspecified atom stereocenters. The Morgan fingerprint density at radius 1 is 0.824 bits per heavy atom. The number of halogens is 7. The van der Waals surface area contributed by atoms with Crippen molar-refractivity contribution in [1.29, 1.82) is 0 Å². The summed E-state index contributed by atoms with van der Waals surface area (Å²) in [7, 11) is 0. The Bertz CT molecular complexity index is 206. The number of hydrogen-bond donors (Lipinski definition) is 0. The fourth-order valence-corrected chi connectivity index (χ4v) is 1.01. The molecule has 0 spiro atoms. The van der Waals surface area contributed by atoms with Gasteiger partial charge in [-0.15, -0.1) is 0 Å². The first-order chi connectivity index (χ1) is 7.56. The minimum atomic E-state index is -5.99. The molecule has 0 saturated carbocycles. The van der Waals surface area contributed by atoms with Crippen LogP contribution >= 0.6 is 0 Å². The van der Waals surface area contributed by atoms with Gasteiger partial charge in [0.15, 0.2) is 0 Å². The molecule has 0 aliphatic heterocycles. The topological polar surface area (TPSA) is 9.23 Å². The fourth-order valence-electron chi connectivity index (χ4n) is 1.01. The molecule has 0 N–H and O–H groups in total. The number of ether oxygens (including phenoxy) is 1. The van der Waals surface area contributed by atoms with E-state index in [0.717, 1.165) is 0 Å². The number of hydrogen-bond acceptors (Lipinski definition) is 1. The van der Waals surface area contributed by atoms with Crippen molar-refractivity contribution in [3.63, 3.8) is 0 Å². The van der Waals surface area contributed by atoms with Crippen molar-refractivity contribution in [2.75, 3.05) is 13.2 Å². The van der Waals surface area contributed by atoms with Crippen LogP contribution in [0.3, 0.4) is 0 Å². The molecule has 17 heavy (non-hydrogen) atoms. The molecule has 104 valence electrons. The van der Waals surface area contributed by atoms with Crippen LogP contribution in [0.15, 0.2) is 0 Å². The quantitative estimate of drug-likeness (QED) is 0.523. The smallest absolute Gasteiger partial charge is 0.381 e. The molecule has 1 nitrogen and oxygen atoms in total. The second-order valence-electron chi connectivity index (χ2n) is 3.51. The van der Waals surface area contributed by atoms with E-state index in [2.05, 4.69) is 4.74 Å². The Labute approximate surface area is 93.9 Å². The molecule has 0 bridgehead atoms. The van der Waals surface area contributed by atoms with E-state index < -0.39 is 31.0 Å². The summed E-state index contributed by atoms with van der Waals surface area (Å²) in [6, 6.07) is 0. The van der Waals surface area contributed by atoms with Crippen LogP contribution in [0, 0.1) is 0 Å². The predicted octanol–water partition coefficient (Wildman–Crippen LogP) is 4.03. The van der Waals surface area contributed by atoms with Gasteiger partial charge in [-0.25, -0.2) is 4.39 Å². The van der Waals surface area contributed by atoms with Gasteiger partial charge in [-0.2, -0.15) is 26.3 Å². The van der Waals surface area contributed by atoms with Crippen LogP contribution in [0.1, 0.15) is 26.2 Å². The van der Waals surface area contributed by atoms with Crippen molar-refractivity contribution < 1.29 is 35.5 Å². The average Bonchev–Trinajstić information content (AvgIpc) is 2.13. The summed E-state index contributed by atoms with van der Waals surface area (Å²) < 4.78 is 89.7. The van der Waals surface area contributed by atoms with Gasteiger partial charge in [0, 0.05) is 13.0 Å². The van der Waals surface area contributed by atoms with Crippen molar-refractivity contribution in [3.05, 3.63) is 0 Å². The van der Waals surface area contributed by atoms with Crippen LogP contribution in [0.25, 0.3) is 0 Å². The first-order valence-electron chi connectivity index (χ1n) is 4.96. The van der Waals surface area contributed by atoms with Gasteiger partial charge >= 0.3 is 18.0 Å². The lowest BCUT2D eigenvalue weighted by atomic mass is 10.0. The van der Waals surface area contributed by atoms with Gasteiger partial charge in [-0.1, -0.05) is 13.3 Å². The minimum Gasteiger partial charge on any atom is -0.381 e. The number of alkyl halides is 7. The van der Waals surface area contributed by atoms with Crippen molar-refractivity contribution in [1.82, 2.24) is 0 Å². The highest BCUT2D eigenvalue weighted by atomic mass is 19.4. The molecule has 0 radical (unpaired) electrons. The highest BCUT2D eigenvalue weighted by molar-refractivity contribution is 4.94. The molecule has 0 rings (SSSR count). The van der Waals surface area contributed by atoms with Gasteiger partial charge in [-0.3, -0.25) is 0 Å². The van der Waals surface area contributed by atoms with E-state index in [0.29, 0.717) is 12.8 Å². The van der Waals surface area contributed by atoms with Gasteiger partial charge in [0.05, 0.1) is 6.61 Å². The van der Waals surface area contributed by atoms with Crippen molar-refractivity contribution >= 4 is 0 Å². The lowest BCUT2D eigenvalue weighted by molar-refractivity contribution is -0.345. The molecule has 0 aliphatic rings. The molecule has 0 fully saturated rings. The number of rotatable bonds is 6. The van der Waals surface area contributed by atoms with E-state index in [1.807, 2.05) is 0 Å². The van der Waals surface area contributed by atoms with Gasteiger partial charge < -0.3 is 4.74 Å². The van der Waals surface area contributed by atoms with E-state index >= 15 is 0 Å².